The van der Waals surface area contributed by atoms with Crippen LogP contribution in [0.4, 0.5) is 11.4 Å². The molecule has 5 nitrogen and oxygen atoms in total. The van der Waals surface area contributed by atoms with Gasteiger partial charge in [0.2, 0.25) is 0 Å². The molecular weight excluding hydrogens is 264 g/mol. The van der Waals surface area contributed by atoms with E-state index < -0.39 is 10.0 Å². The molecule has 0 aliphatic rings. The minimum atomic E-state index is -3.68. The molecule has 6 heteroatoms. The highest BCUT2D eigenvalue weighted by Gasteiger charge is 2.15. The molecule has 100 valence electrons. The summed E-state index contributed by atoms with van der Waals surface area (Å²) in [5.41, 5.74) is 6.90. The van der Waals surface area contributed by atoms with Crippen LogP contribution in [-0.2, 0) is 10.0 Å². The molecule has 0 saturated carbocycles. The first kappa shape index (κ1) is 13.2. The van der Waals surface area contributed by atoms with E-state index in [0.717, 1.165) is 5.56 Å². The van der Waals surface area contributed by atoms with E-state index in [-0.39, 0.29) is 22.0 Å². The Morgan fingerprint density at radius 1 is 1.16 bits per heavy atom. The lowest BCUT2D eigenvalue weighted by molar-refractivity contribution is 0.475. The Balaban J connectivity index is 2.36. The minimum Gasteiger partial charge on any atom is -0.508 e. The minimum absolute atomic E-state index is 0.0176. The highest BCUT2D eigenvalue weighted by molar-refractivity contribution is 7.92. The molecule has 0 atom stereocenters. The maximum atomic E-state index is 12.2. The summed E-state index contributed by atoms with van der Waals surface area (Å²) in [4.78, 5) is 0.167. The molecule has 19 heavy (non-hydrogen) atoms. The van der Waals surface area contributed by atoms with E-state index in [0.29, 0.717) is 0 Å². The Morgan fingerprint density at radius 3 is 2.53 bits per heavy atom. The van der Waals surface area contributed by atoms with Crippen LogP contribution in [0.5, 0.6) is 5.75 Å². The van der Waals surface area contributed by atoms with E-state index in [9.17, 15) is 13.5 Å². The van der Waals surface area contributed by atoms with E-state index >= 15 is 0 Å². The summed E-state index contributed by atoms with van der Waals surface area (Å²) in [7, 11) is -3.68. The monoisotopic (exact) mass is 278 g/mol. The number of aromatic hydroxyl groups is 1. The van der Waals surface area contributed by atoms with Crippen molar-refractivity contribution in [2.75, 3.05) is 10.5 Å². The third kappa shape index (κ3) is 2.97. The zero-order chi connectivity index (χ0) is 14.0. The van der Waals surface area contributed by atoms with Crippen molar-refractivity contribution in [3.63, 3.8) is 0 Å². The van der Waals surface area contributed by atoms with Gasteiger partial charge >= 0.3 is 0 Å². The van der Waals surface area contributed by atoms with Gasteiger partial charge in [0.1, 0.15) is 5.75 Å². The summed E-state index contributed by atoms with van der Waals surface area (Å²) >= 11 is 0. The zero-order valence-electron chi connectivity index (χ0n) is 10.3. The summed E-state index contributed by atoms with van der Waals surface area (Å²) in [6.45, 7) is 1.81. The van der Waals surface area contributed by atoms with Gasteiger partial charge in [0, 0.05) is 6.07 Å². The number of rotatable bonds is 3. The first-order valence-corrected chi connectivity index (χ1v) is 7.05. The van der Waals surface area contributed by atoms with Gasteiger partial charge in [-0.05, 0) is 36.8 Å². The SMILES string of the molecule is Cc1cccc(S(=O)(=O)Nc2ccc(O)cc2N)c1. The smallest absolute Gasteiger partial charge is 0.261 e. The van der Waals surface area contributed by atoms with Crippen molar-refractivity contribution in [2.45, 2.75) is 11.8 Å². The van der Waals surface area contributed by atoms with Gasteiger partial charge in [-0.2, -0.15) is 0 Å². The van der Waals surface area contributed by atoms with Crippen LogP contribution in [0.2, 0.25) is 0 Å². The highest BCUT2D eigenvalue weighted by Crippen LogP contribution is 2.25. The van der Waals surface area contributed by atoms with Crippen molar-refractivity contribution in [3.8, 4) is 5.75 Å². The maximum Gasteiger partial charge on any atom is 0.261 e. The standard InChI is InChI=1S/C13H14N2O3S/c1-9-3-2-4-11(7-9)19(17,18)15-13-6-5-10(16)8-12(13)14/h2-8,15-16H,14H2,1H3. The Bertz CT molecular complexity index is 712. The molecule has 0 aromatic heterocycles. The number of hydrogen-bond donors (Lipinski definition) is 3. The number of phenols is 1. The average Bonchev–Trinajstić information content (AvgIpc) is 2.33. The third-order valence-electron chi connectivity index (χ3n) is 2.58. The number of sulfonamides is 1. The van der Waals surface area contributed by atoms with Crippen molar-refractivity contribution >= 4 is 21.4 Å². The Morgan fingerprint density at radius 2 is 1.89 bits per heavy atom. The number of nitrogens with two attached hydrogens (primary N) is 1. The summed E-state index contributed by atoms with van der Waals surface area (Å²) < 4.78 is 26.7. The summed E-state index contributed by atoms with van der Waals surface area (Å²) in [6, 6.07) is 10.6. The van der Waals surface area contributed by atoms with Crippen LogP contribution in [0, 0.1) is 6.92 Å². The summed E-state index contributed by atoms with van der Waals surface area (Å²) in [5.74, 6) is -0.0176. The third-order valence-corrected chi connectivity index (χ3v) is 3.94. The van der Waals surface area contributed by atoms with Gasteiger partial charge in [-0.3, -0.25) is 4.72 Å². The molecule has 0 spiro atoms. The van der Waals surface area contributed by atoms with Crippen LogP contribution >= 0.6 is 0 Å². The molecule has 0 heterocycles. The van der Waals surface area contributed by atoms with Crippen molar-refractivity contribution in [2.24, 2.45) is 0 Å². The molecule has 0 radical (unpaired) electrons. The lowest BCUT2D eigenvalue weighted by Gasteiger charge is -2.11. The fourth-order valence-electron chi connectivity index (χ4n) is 1.63. The number of hydrogen-bond acceptors (Lipinski definition) is 4. The lowest BCUT2D eigenvalue weighted by atomic mass is 10.2. The fraction of sp³-hybridized carbons (Fsp3) is 0.0769. The van der Waals surface area contributed by atoms with Gasteiger partial charge in [0.15, 0.2) is 0 Å². The van der Waals surface area contributed by atoms with Gasteiger partial charge in [-0.1, -0.05) is 12.1 Å². The average molecular weight is 278 g/mol. The van der Waals surface area contributed by atoms with E-state index in [1.807, 2.05) is 13.0 Å². The van der Waals surface area contributed by atoms with Crippen LogP contribution in [0.25, 0.3) is 0 Å². The van der Waals surface area contributed by atoms with Crippen LogP contribution in [-0.4, -0.2) is 13.5 Å². The van der Waals surface area contributed by atoms with Gasteiger partial charge < -0.3 is 10.8 Å². The number of nitrogens with one attached hydrogen (secondary N) is 1. The molecular formula is C13H14N2O3S. The van der Waals surface area contributed by atoms with Crippen molar-refractivity contribution in [3.05, 3.63) is 48.0 Å². The Hall–Kier alpha value is -2.21. The summed E-state index contributed by atoms with van der Waals surface area (Å²) in [5, 5.41) is 9.23. The second-order valence-electron chi connectivity index (χ2n) is 4.19. The first-order chi connectivity index (χ1) is 8.88. The second kappa shape index (κ2) is 4.81. The molecule has 4 N–H and O–H groups in total. The largest absolute Gasteiger partial charge is 0.508 e. The zero-order valence-corrected chi connectivity index (χ0v) is 11.1. The quantitative estimate of drug-likeness (QED) is 0.592. The molecule has 2 aromatic carbocycles. The highest BCUT2D eigenvalue weighted by atomic mass is 32.2. The van der Waals surface area contributed by atoms with E-state index in [1.165, 1.54) is 24.3 Å². The molecule has 0 amide bonds. The molecule has 0 fully saturated rings. The van der Waals surface area contributed by atoms with E-state index in [1.54, 1.807) is 12.1 Å². The second-order valence-corrected chi connectivity index (χ2v) is 5.88. The Kier molecular flexibility index (Phi) is 3.35. The van der Waals surface area contributed by atoms with Crippen molar-refractivity contribution in [1.82, 2.24) is 0 Å². The first-order valence-electron chi connectivity index (χ1n) is 5.56. The van der Waals surface area contributed by atoms with Gasteiger partial charge in [-0.25, -0.2) is 8.42 Å². The van der Waals surface area contributed by atoms with E-state index in [4.69, 9.17) is 5.73 Å². The maximum absolute atomic E-state index is 12.2. The number of nitrogen functional groups attached to an aromatic ring is 1. The molecule has 0 aliphatic heterocycles. The summed E-state index contributed by atoms with van der Waals surface area (Å²) in [6.07, 6.45) is 0. The van der Waals surface area contributed by atoms with E-state index in [2.05, 4.69) is 4.72 Å². The van der Waals surface area contributed by atoms with Crippen molar-refractivity contribution < 1.29 is 13.5 Å². The number of anilines is 2. The Labute approximate surface area is 111 Å². The normalized spacial score (nSPS) is 11.2. The number of benzene rings is 2. The fourth-order valence-corrected chi connectivity index (χ4v) is 2.82. The lowest BCUT2D eigenvalue weighted by Crippen LogP contribution is -2.14. The topological polar surface area (TPSA) is 92.4 Å². The molecule has 0 unspecified atom stereocenters. The predicted octanol–water partition coefficient (Wildman–Crippen LogP) is 2.08. The van der Waals surface area contributed by atoms with Crippen LogP contribution < -0.4 is 10.5 Å². The number of phenolic OH excluding ortho intramolecular Hbond substituents is 1. The van der Waals surface area contributed by atoms with Gasteiger partial charge in [0.05, 0.1) is 16.3 Å². The molecule has 2 aromatic rings. The van der Waals surface area contributed by atoms with Crippen LogP contribution in [0.3, 0.4) is 0 Å². The number of aryl methyl sites for hydroxylation is 1. The van der Waals surface area contributed by atoms with Gasteiger partial charge in [0.25, 0.3) is 10.0 Å². The molecule has 0 bridgehead atoms. The van der Waals surface area contributed by atoms with Crippen molar-refractivity contribution in [1.29, 1.82) is 0 Å². The van der Waals surface area contributed by atoms with Gasteiger partial charge in [-0.15, -0.1) is 0 Å². The molecule has 0 saturated heterocycles. The van der Waals surface area contributed by atoms with Crippen LogP contribution in [0.1, 0.15) is 5.56 Å². The van der Waals surface area contributed by atoms with Crippen LogP contribution in [0.15, 0.2) is 47.4 Å². The molecule has 2 rings (SSSR count). The predicted molar refractivity (Wildman–Crippen MR) is 74.5 cm³/mol. The molecule has 0 aliphatic carbocycles.